The van der Waals surface area contributed by atoms with Gasteiger partial charge in [-0.2, -0.15) is 0 Å². The van der Waals surface area contributed by atoms with E-state index in [1.165, 1.54) is 83.5 Å². The van der Waals surface area contributed by atoms with Gasteiger partial charge in [-0.3, -0.25) is 4.79 Å². The minimum atomic E-state index is -0.410. The first-order chi connectivity index (χ1) is 22.0. The fraction of sp³-hybridized carbons (Fsp3) is 0.600. The van der Waals surface area contributed by atoms with Gasteiger partial charge in [0.2, 0.25) is 0 Å². The topological polar surface area (TPSA) is 61.8 Å². The molecule has 246 valence electrons. The zero-order valence-corrected chi connectivity index (χ0v) is 27.7. The first-order valence-corrected chi connectivity index (χ1v) is 17.8. The van der Waals surface area contributed by atoms with E-state index in [9.17, 15) is 9.59 Å². The molecule has 2 aromatic rings. The zero-order valence-electron chi connectivity index (χ0n) is 27.7. The molecule has 0 radical (unpaired) electrons. The van der Waals surface area contributed by atoms with Gasteiger partial charge in [0.1, 0.15) is 17.3 Å². The Morgan fingerprint density at radius 2 is 1.11 bits per heavy atom. The molecular weight excluding hydrogens is 560 g/mol. The Hall–Kier alpha value is -2.92. The van der Waals surface area contributed by atoms with Gasteiger partial charge in [0.05, 0.1) is 12.7 Å². The summed E-state index contributed by atoms with van der Waals surface area (Å²) in [6.07, 6.45) is 22.3. The molecule has 0 atom stereocenters. The number of carbonyl (C=O) groups excluding carboxylic acids is 2. The minimum absolute atomic E-state index is 0.383. The van der Waals surface area contributed by atoms with Crippen LogP contribution in [0.3, 0.4) is 0 Å². The number of esters is 1. The molecule has 45 heavy (non-hydrogen) atoms. The predicted octanol–water partition coefficient (Wildman–Crippen LogP) is 10.4. The van der Waals surface area contributed by atoms with Crippen LogP contribution in [0.15, 0.2) is 60.7 Å². The molecule has 2 aromatic carbocycles. The third kappa shape index (κ3) is 12.8. The number of hydrogen-bond donors (Lipinski definition) is 0. The van der Waals surface area contributed by atoms with E-state index in [-0.39, 0.29) is 0 Å². The second-order valence-electron chi connectivity index (χ2n) is 13.4. The summed E-state index contributed by atoms with van der Waals surface area (Å²) in [6.45, 7) is 6.94. The van der Waals surface area contributed by atoms with E-state index in [0.717, 1.165) is 74.0 Å². The third-order valence-electron chi connectivity index (χ3n) is 9.74. The predicted molar refractivity (Wildman–Crippen MR) is 183 cm³/mol. The van der Waals surface area contributed by atoms with E-state index in [1.807, 2.05) is 24.3 Å². The second-order valence-corrected chi connectivity index (χ2v) is 13.4. The summed E-state index contributed by atoms with van der Waals surface area (Å²) in [4.78, 5) is 23.2. The van der Waals surface area contributed by atoms with Gasteiger partial charge in [0, 0.05) is 25.0 Å². The average Bonchev–Trinajstić information content (AvgIpc) is 3.06. The average molecular weight is 617 g/mol. The van der Waals surface area contributed by atoms with E-state index < -0.39 is 5.97 Å². The van der Waals surface area contributed by atoms with Gasteiger partial charge in [0.15, 0.2) is 0 Å². The van der Waals surface area contributed by atoms with Crippen molar-refractivity contribution >= 4 is 11.8 Å². The van der Waals surface area contributed by atoms with Crippen molar-refractivity contribution in [3.05, 3.63) is 60.7 Å². The van der Waals surface area contributed by atoms with Gasteiger partial charge < -0.3 is 14.2 Å². The largest absolute Gasteiger partial charge is 0.494 e. The molecule has 2 saturated carbocycles. The zero-order chi connectivity index (χ0) is 31.7. The van der Waals surface area contributed by atoms with Crippen LogP contribution in [0.5, 0.6) is 11.5 Å². The SMILES string of the molecule is C=C(C)C(=O)Oc1ccc(-c2ccc(OCCCCCCCCCCCCOC3CCC(C4CCC(=O)CC4)CC3)cc2)cc1. The van der Waals surface area contributed by atoms with Crippen molar-refractivity contribution in [1.29, 1.82) is 0 Å². The molecule has 4 rings (SSSR count). The van der Waals surface area contributed by atoms with Gasteiger partial charge in [-0.1, -0.05) is 82.2 Å². The van der Waals surface area contributed by atoms with E-state index in [4.69, 9.17) is 14.2 Å². The molecule has 0 N–H and O–H groups in total. The molecule has 5 heteroatoms. The van der Waals surface area contributed by atoms with Crippen molar-refractivity contribution in [2.75, 3.05) is 13.2 Å². The van der Waals surface area contributed by atoms with Crippen LogP contribution < -0.4 is 9.47 Å². The second kappa shape index (κ2) is 19.6. The van der Waals surface area contributed by atoms with Gasteiger partial charge in [-0.15, -0.1) is 0 Å². The fourth-order valence-corrected chi connectivity index (χ4v) is 6.87. The fourth-order valence-electron chi connectivity index (χ4n) is 6.87. The summed E-state index contributed by atoms with van der Waals surface area (Å²) >= 11 is 0. The Morgan fingerprint density at radius 3 is 1.64 bits per heavy atom. The molecule has 5 nitrogen and oxygen atoms in total. The van der Waals surface area contributed by atoms with E-state index in [0.29, 0.717) is 23.2 Å². The van der Waals surface area contributed by atoms with Crippen LogP contribution >= 0.6 is 0 Å². The van der Waals surface area contributed by atoms with Crippen LogP contribution in [0.25, 0.3) is 11.1 Å². The lowest BCUT2D eigenvalue weighted by atomic mass is 9.72. The summed E-state index contributed by atoms with van der Waals surface area (Å²) in [5, 5.41) is 0. The van der Waals surface area contributed by atoms with Crippen LogP contribution in [-0.4, -0.2) is 31.1 Å². The summed E-state index contributed by atoms with van der Waals surface area (Å²) < 4.78 is 17.4. The molecule has 0 saturated heterocycles. The number of ether oxygens (including phenoxy) is 3. The third-order valence-corrected chi connectivity index (χ3v) is 9.74. The smallest absolute Gasteiger partial charge is 0.338 e. The monoisotopic (exact) mass is 616 g/mol. The van der Waals surface area contributed by atoms with Crippen molar-refractivity contribution < 1.29 is 23.8 Å². The quantitative estimate of drug-likeness (QED) is 0.0680. The number of ketones is 1. The van der Waals surface area contributed by atoms with Crippen LogP contribution in [0.4, 0.5) is 0 Å². The van der Waals surface area contributed by atoms with Gasteiger partial charge in [-0.25, -0.2) is 4.79 Å². The van der Waals surface area contributed by atoms with Gasteiger partial charge >= 0.3 is 5.97 Å². The number of rotatable bonds is 19. The summed E-state index contributed by atoms with van der Waals surface area (Å²) in [6, 6.07) is 15.7. The van der Waals surface area contributed by atoms with Gasteiger partial charge in [0.25, 0.3) is 0 Å². The van der Waals surface area contributed by atoms with Crippen LogP contribution in [-0.2, 0) is 14.3 Å². The molecule has 0 aromatic heterocycles. The maximum absolute atomic E-state index is 11.7. The Kier molecular flexibility index (Phi) is 15.2. The van der Waals surface area contributed by atoms with Crippen molar-refractivity contribution in [3.63, 3.8) is 0 Å². The Bertz CT molecular complexity index is 1150. The first-order valence-electron chi connectivity index (χ1n) is 17.8. The highest BCUT2D eigenvalue weighted by Crippen LogP contribution is 2.38. The lowest BCUT2D eigenvalue weighted by Gasteiger charge is -2.35. The van der Waals surface area contributed by atoms with E-state index in [2.05, 4.69) is 18.7 Å². The lowest BCUT2D eigenvalue weighted by molar-refractivity contribution is -0.130. The Labute approximate surface area is 272 Å². The minimum Gasteiger partial charge on any atom is -0.494 e. The molecular formula is C40H56O5. The highest BCUT2D eigenvalue weighted by Gasteiger charge is 2.30. The van der Waals surface area contributed by atoms with Crippen LogP contribution in [0.2, 0.25) is 0 Å². The van der Waals surface area contributed by atoms with Crippen molar-refractivity contribution in [3.8, 4) is 22.6 Å². The molecule has 0 heterocycles. The standard InChI is InChI=1S/C40H56O5/c1-31(2)40(42)45-39-27-19-35(20-28-39)34-17-25-38(26-18-34)44-30-12-10-8-6-4-3-5-7-9-11-29-43-37-23-15-33(16-24-37)32-13-21-36(41)22-14-32/h17-20,25-28,32-33,37H,1,3-16,21-24,29-30H2,2H3. The Morgan fingerprint density at radius 1 is 0.644 bits per heavy atom. The maximum Gasteiger partial charge on any atom is 0.338 e. The highest BCUT2D eigenvalue weighted by atomic mass is 16.5. The number of Topliss-reactive ketones (excluding diaryl/α,β-unsaturated/α-hetero) is 1. The van der Waals surface area contributed by atoms with Crippen molar-refractivity contribution in [1.82, 2.24) is 0 Å². The van der Waals surface area contributed by atoms with Crippen LogP contribution in [0.1, 0.15) is 122 Å². The summed E-state index contributed by atoms with van der Waals surface area (Å²) in [5.74, 6) is 3.13. The summed E-state index contributed by atoms with van der Waals surface area (Å²) in [5.41, 5.74) is 2.54. The highest BCUT2D eigenvalue weighted by molar-refractivity contribution is 5.88. The van der Waals surface area contributed by atoms with Gasteiger partial charge in [-0.05, 0) is 106 Å². The molecule has 2 aliphatic carbocycles. The van der Waals surface area contributed by atoms with E-state index >= 15 is 0 Å². The number of carbonyl (C=O) groups is 2. The molecule has 2 aliphatic rings. The molecule has 0 amide bonds. The van der Waals surface area contributed by atoms with Crippen molar-refractivity contribution in [2.24, 2.45) is 11.8 Å². The molecule has 0 bridgehead atoms. The van der Waals surface area contributed by atoms with E-state index in [1.54, 1.807) is 19.1 Å². The normalized spacial score (nSPS) is 18.9. The molecule has 0 aliphatic heterocycles. The Balaban J connectivity index is 0.924. The van der Waals surface area contributed by atoms with Crippen LogP contribution in [0, 0.1) is 11.8 Å². The number of hydrogen-bond acceptors (Lipinski definition) is 5. The lowest BCUT2D eigenvalue weighted by Crippen LogP contribution is -2.28. The first kappa shape index (κ1) is 34.9. The molecule has 0 spiro atoms. The summed E-state index contributed by atoms with van der Waals surface area (Å²) in [7, 11) is 0. The maximum atomic E-state index is 11.7. The number of unbranched alkanes of at least 4 members (excludes halogenated alkanes) is 9. The molecule has 0 unspecified atom stereocenters. The molecule has 2 fully saturated rings. The van der Waals surface area contributed by atoms with Crippen molar-refractivity contribution in [2.45, 2.75) is 129 Å². The number of benzene rings is 2.